The van der Waals surface area contributed by atoms with Crippen LogP contribution in [0.15, 0.2) is 54.7 Å². The van der Waals surface area contributed by atoms with Gasteiger partial charge in [0.05, 0.1) is 10.6 Å². The molecule has 0 atom stereocenters. The lowest BCUT2D eigenvalue weighted by molar-refractivity contribution is -0.137. The highest BCUT2D eigenvalue weighted by atomic mass is 35.5. The van der Waals surface area contributed by atoms with E-state index in [1.54, 1.807) is 30.3 Å². The van der Waals surface area contributed by atoms with Gasteiger partial charge in [0, 0.05) is 12.3 Å². The Morgan fingerprint density at radius 3 is 2.37 bits per heavy atom. The molecule has 0 aliphatic carbocycles. The number of anilines is 1. The molecule has 0 unspecified atom stereocenters. The third-order valence-corrected chi connectivity index (χ3v) is 3.77. The molecule has 9 heteroatoms. The Balaban J connectivity index is 1.66. The molecule has 27 heavy (non-hydrogen) atoms. The average Bonchev–Trinajstić information content (AvgIpc) is 2.62. The highest BCUT2D eigenvalue weighted by Gasteiger charge is 2.33. The maximum atomic E-state index is 12.9. The van der Waals surface area contributed by atoms with Crippen LogP contribution < -0.4 is 15.2 Å². The first-order valence-corrected chi connectivity index (χ1v) is 8.04. The Hall–Kier alpha value is -3.00. The average molecular weight is 396 g/mol. The van der Waals surface area contributed by atoms with Crippen molar-refractivity contribution in [3.8, 4) is 17.4 Å². The molecule has 0 fully saturated rings. The van der Waals surface area contributed by atoms with Crippen molar-refractivity contribution in [3.05, 3.63) is 70.9 Å². The van der Waals surface area contributed by atoms with Gasteiger partial charge in [-0.3, -0.25) is 0 Å². The van der Waals surface area contributed by atoms with Crippen molar-refractivity contribution < 1.29 is 22.6 Å². The quantitative estimate of drug-likeness (QED) is 0.650. The predicted molar refractivity (Wildman–Crippen MR) is 93.7 cm³/mol. The molecule has 3 rings (SSSR count). The monoisotopic (exact) mass is 395 g/mol. The predicted octanol–water partition coefficient (Wildman–Crippen LogP) is 5.10. The van der Waals surface area contributed by atoms with Crippen molar-refractivity contribution in [1.29, 1.82) is 0 Å². The summed E-state index contributed by atoms with van der Waals surface area (Å²) in [4.78, 5) is 7.68. The van der Waals surface area contributed by atoms with Crippen LogP contribution in [0.5, 0.6) is 17.4 Å². The fraction of sp³-hybridized carbons (Fsp3) is 0.111. The maximum absolute atomic E-state index is 12.9. The van der Waals surface area contributed by atoms with E-state index in [-0.39, 0.29) is 23.3 Å². The Kier molecular flexibility index (Phi) is 5.36. The Bertz CT molecular complexity index is 934. The molecule has 5 nitrogen and oxygen atoms in total. The molecule has 0 aliphatic rings. The van der Waals surface area contributed by atoms with Gasteiger partial charge in [0.2, 0.25) is 11.8 Å². The number of hydrogen-bond acceptors (Lipinski definition) is 5. The van der Waals surface area contributed by atoms with Gasteiger partial charge >= 0.3 is 6.18 Å². The largest absolute Gasteiger partial charge is 0.473 e. The van der Waals surface area contributed by atoms with Crippen LogP contribution in [0.3, 0.4) is 0 Å². The third-order valence-electron chi connectivity index (χ3n) is 3.44. The molecule has 140 valence electrons. The van der Waals surface area contributed by atoms with Crippen molar-refractivity contribution >= 4 is 17.5 Å². The van der Waals surface area contributed by atoms with Gasteiger partial charge in [-0.25, -0.2) is 4.98 Å². The second-order valence-corrected chi connectivity index (χ2v) is 5.83. The van der Waals surface area contributed by atoms with Gasteiger partial charge in [-0.15, -0.1) is 0 Å². The molecule has 0 radical (unpaired) electrons. The van der Waals surface area contributed by atoms with E-state index in [0.29, 0.717) is 11.6 Å². The highest BCUT2D eigenvalue weighted by molar-refractivity contribution is 6.31. The van der Waals surface area contributed by atoms with E-state index in [9.17, 15) is 13.2 Å². The topological polar surface area (TPSA) is 70.3 Å². The van der Waals surface area contributed by atoms with Gasteiger partial charge in [0.25, 0.3) is 0 Å². The van der Waals surface area contributed by atoms with Gasteiger partial charge in [-0.1, -0.05) is 23.7 Å². The van der Waals surface area contributed by atoms with Crippen molar-refractivity contribution in [3.63, 3.8) is 0 Å². The lowest BCUT2D eigenvalue weighted by Gasteiger charge is -2.12. The van der Waals surface area contributed by atoms with Crippen LogP contribution in [-0.2, 0) is 12.8 Å². The number of aromatic nitrogens is 2. The minimum absolute atomic E-state index is 0.0344. The van der Waals surface area contributed by atoms with Gasteiger partial charge in [0.1, 0.15) is 18.1 Å². The number of hydrogen-bond donors (Lipinski definition) is 1. The molecule has 0 saturated heterocycles. The molecule has 1 heterocycles. The summed E-state index contributed by atoms with van der Waals surface area (Å²) in [6.07, 6.45) is -3.07. The summed E-state index contributed by atoms with van der Waals surface area (Å²) in [6, 6.07) is 11.6. The summed E-state index contributed by atoms with van der Waals surface area (Å²) in [6.45, 7) is 0.232. The van der Waals surface area contributed by atoms with Crippen LogP contribution >= 0.6 is 11.6 Å². The smallest absolute Gasteiger partial charge is 0.417 e. The molecule has 2 aromatic carbocycles. The Labute approximate surface area is 157 Å². The minimum Gasteiger partial charge on any atom is -0.473 e. The van der Waals surface area contributed by atoms with Gasteiger partial charge in [0.15, 0.2) is 0 Å². The minimum atomic E-state index is -4.55. The second-order valence-electron chi connectivity index (χ2n) is 5.43. The molecular weight excluding hydrogens is 383 g/mol. The van der Waals surface area contributed by atoms with Crippen molar-refractivity contribution in [2.24, 2.45) is 0 Å². The van der Waals surface area contributed by atoms with E-state index in [0.717, 1.165) is 17.7 Å². The summed E-state index contributed by atoms with van der Waals surface area (Å²) in [5.41, 5.74) is 5.33. The van der Waals surface area contributed by atoms with Crippen molar-refractivity contribution in [2.45, 2.75) is 12.8 Å². The lowest BCUT2D eigenvalue weighted by atomic mass is 10.2. The highest BCUT2D eigenvalue weighted by Crippen LogP contribution is 2.37. The zero-order chi connectivity index (χ0) is 19.4. The SMILES string of the molecule is Nc1nccc(OCc2ccc(Oc3ccc(Cl)c(C(F)(F)F)c3)cc2)n1. The molecule has 0 bridgehead atoms. The van der Waals surface area contributed by atoms with E-state index in [1.807, 2.05) is 0 Å². The van der Waals surface area contributed by atoms with Gasteiger partial charge in [-0.2, -0.15) is 18.2 Å². The molecule has 0 saturated carbocycles. The number of halogens is 4. The first-order valence-electron chi connectivity index (χ1n) is 7.66. The summed E-state index contributed by atoms with van der Waals surface area (Å²) in [5.74, 6) is 0.855. The molecular formula is C18H13ClF3N3O2. The van der Waals surface area contributed by atoms with Crippen LogP contribution in [0.2, 0.25) is 5.02 Å². The molecule has 1 aromatic heterocycles. The Morgan fingerprint density at radius 2 is 1.70 bits per heavy atom. The number of nitrogens with two attached hydrogens (primary N) is 1. The van der Waals surface area contributed by atoms with E-state index < -0.39 is 11.7 Å². The van der Waals surface area contributed by atoms with E-state index in [2.05, 4.69) is 9.97 Å². The van der Waals surface area contributed by atoms with Crippen molar-refractivity contribution in [2.75, 3.05) is 5.73 Å². The number of nitrogen functional groups attached to an aromatic ring is 1. The first-order chi connectivity index (χ1) is 12.8. The molecule has 0 spiro atoms. The van der Waals surface area contributed by atoms with Gasteiger partial charge in [-0.05, 0) is 35.9 Å². The van der Waals surface area contributed by atoms with Crippen LogP contribution in [0.4, 0.5) is 19.1 Å². The summed E-state index contributed by atoms with van der Waals surface area (Å²) in [7, 11) is 0. The third kappa shape index (κ3) is 5.01. The van der Waals surface area contributed by atoms with E-state index in [4.69, 9.17) is 26.8 Å². The fourth-order valence-corrected chi connectivity index (χ4v) is 2.39. The standard InChI is InChI=1S/C18H13ClF3N3O2/c19-15-6-5-13(9-14(15)18(20,21)22)27-12-3-1-11(2-4-12)10-26-16-7-8-24-17(23)25-16/h1-9H,10H2,(H2,23,24,25). The normalized spacial score (nSPS) is 11.3. The zero-order valence-electron chi connectivity index (χ0n) is 13.7. The Morgan fingerprint density at radius 1 is 1.00 bits per heavy atom. The summed E-state index contributed by atoms with van der Waals surface area (Å²) >= 11 is 5.59. The second kappa shape index (κ2) is 7.71. The first kappa shape index (κ1) is 18.8. The van der Waals surface area contributed by atoms with Crippen LogP contribution in [0, 0.1) is 0 Å². The van der Waals surface area contributed by atoms with Crippen LogP contribution in [0.25, 0.3) is 0 Å². The number of ether oxygens (including phenoxy) is 2. The fourth-order valence-electron chi connectivity index (χ4n) is 2.17. The maximum Gasteiger partial charge on any atom is 0.417 e. The van der Waals surface area contributed by atoms with E-state index in [1.165, 1.54) is 12.3 Å². The van der Waals surface area contributed by atoms with Crippen LogP contribution in [-0.4, -0.2) is 9.97 Å². The van der Waals surface area contributed by atoms with Crippen molar-refractivity contribution in [1.82, 2.24) is 9.97 Å². The lowest BCUT2D eigenvalue weighted by Crippen LogP contribution is -2.05. The number of rotatable bonds is 5. The zero-order valence-corrected chi connectivity index (χ0v) is 14.5. The number of benzene rings is 2. The molecule has 2 N–H and O–H groups in total. The molecule has 0 aliphatic heterocycles. The summed E-state index contributed by atoms with van der Waals surface area (Å²) < 4.78 is 49.6. The number of alkyl halides is 3. The van der Waals surface area contributed by atoms with E-state index >= 15 is 0 Å². The summed E-state index contributed by atoms with van der Waals surface area (Å²) in [5, 5.41) is -0.382. The molecule has 0 amide bonds. The van der Waals surface area contributed by atoms with Gasteiger partial charge < -0.3 is 15.2 Å². The molecule has 3 aromatic rings. The van der Waals surface area contributed by atoms with Crippen LogP contribution in [0.1, 0.15) is 11.1 Å². The number of nitrogens with zero attached hydrogens (tertiary/aromatic N) is 2.